The van der Waals surface area contributed by atoms with Crippen molar-refractivity contribution in [1.82, 2.24) is 4.98 Å². The molecule has 3 heterocycles. The Labute approximate surface area is 264 Å². The zero-order valence-electron chi connectivity index (χ0n) is 23.9. The quantitative estimate of drug-likeness (QED) is 0.141. The number of methoxy groups -OCH3 is 1. The van der Waals surface area contributed by atoms with Crippen LogP contribution in [-0.2, 0) is 14.2 Å². The van der Waals surface area contributed by atoms with Gasteiger partial charge in [0.25, 0.3) is 0 Å². The van der Waals surface area contributed by atoms with Gasteiger partial charge in [-0.25, -0.2) is 0 Å². The van der Waals surface area contributed by atoms with Gasteiger partial charge in [0.05, 0.1) is 40.0 Å². The van der Waals surface area contributed by atoms with E-state index in [9.17, 15) is 19.7 Å². The number of nitrogens with zero attached hydrogens (tertiary/aromatic N) is 2. The van der Waals surface area contributed by atoms with E-state index < -0.39 is 25.1 Å². The summed E-state index contributed by atoms with van der Waals surface area (Å²) >= 11 is 2.08. The lowest BCUT2D eigenvalue weighted by Crippen LogP contribution is -2.46. The molecule has 0 bridgehead atoms. The van der Waals surface area contributed by atoms with Crippen LogP contribution < -0.4 is 9.64 Å². The highest BCUT2D eigenvalue weighted by molar-refractivity contribution is 14.1. The lowest BCUT2D eigenvalue weighted by Gasteiger charge is -2.42. The maximum absolute atomic E-state index is 13.8. The van der Waals surface area contributed by atoms with Gasteiger partial charge < -0.3 is 19.5 Å². The van der Waals surface area contributed by atoms with Gasteiger partial charge >= 0.3 is 7.12 Å². The van der Waals surface area contributed by atoms with Gasteiger partial charge in [0.1, 0.15) is 0 Å². The first-order chi connectivity index (χ1) is 20.8. The Hall–Kier alpha value is -3.48. The van der Waals surface area contributed by atoms with Gasteiger partial charge in [0, 0.05) is 6.20 Å². The number of ether oxygens (including phenoxy) is 1. The van der Waals surface area contributed by atoms with Crippen LogP contribution in [0.2, 0.25) is 6.32 Å². The number of aromatic hydroxyl groups is 1. The van der Waals surface area contributed by atoms with Crippen LogP contribution in [0, 0.1) is 21.3 Å². The van der Waals surface area contributed by atoms with E-state index in [0.29, 0.717) is 34.3 Å². The second-order valence-corrected chi connectivity index (χ2v) is 12.5. The fraction of sp³-hybridized carbons (Fsp3) is 0.303. The number of anilines is 1. The summed E-state index contributed by atoms with van der Waals surface area (Å²) in [6, 6.07) is 18.5. The molecular formula is C33H32BIN2O6. The zero-order valence-corrected chi connectivity index (χ0v) is 26.1. The van der Waals surface area contributed by atoms with Crippen LogP contribution in [0.3, 0.4) is 0 Å². The molecule has 3 aromatic rings. The average Bonchev–Trinajstić information content (AvgIpc) is 3.26. The molecular weight excluding hydrogens is 658 g/mol. The second-order valence-electron chi connectivity index (χ2n) is 11.3. The lowest BCUT2D eigenvalue weighted by molar-refractivity contribution is -0.122. The van der Waals surface area contributed by atoms with Crippen LogP contribution in [0.4, 0.5) is 5.69 Å². The van der Waals surface area contributed by atoms with E-state index in [0.717, 1.165) is 28.0 Å². The van der Waals surface area contributed by atoms with E-state index >= 15 is 0 Å². The van der Waals surface area contributed by atoms with Crippen molar-refractivity contribution in [3.05, 3.63) is 92.8 Å². The van der Waals surface area contributed by atoms with Gasteiger partial charge in [-0.1, -0.05) is 29.8 Å². The van der Waals surface area contributed by atoms with Gasteiger partial charge in [-0.2, -0.15) is 0 Å². The Morgan fingerprint density at radius 3 is 2.63 bits per heavy atom. The van der Waals surface area contributed by atoms with Crippen LogP contribution in [0.5, 0.6) is 11.5 Å². The number of fused-ring (bicyclic) bond motifs is 3. The smallest absolute Gasteiger partial charge is 0.455 e. The van der Waals surface area contributed by atoms with E-state index in [1.165, 1.54) is 12.0 Å². The Bertz CT molecular complexity index is 1610. The normalized spacial score (nSPS) is 23.9. The molecule has 6 rings (SSSR count). The Kier molecular flexibility index (Phi) is 8.44. The summed E-state index contributed by atoms with van der Waals surface area (Å²) in [4.78, 5) is 33.2. The van der Waals surface area contributed by atoms with Gasteiger partial charge in [0.2, 0.25) is 11.8 Å². The molecule has 2 aromatic carbocycles. The van der Waals surface area contributed by atoms with Crippen LogP contribution in [0.25, 0.3) is 11.6 Å². The minimum absolute atomic E-state index is 0.0963. The van der Waals surface area contributed by atoms with Gasteiger partial charge in [-0.05, 0) is 120 Å². The topological polar surface area (TPSA) is 109 Å². The first kappa shape index (κ1) is 29.6. The van der Waals surface area contributed by atoms with E-state index in [-0.39, 0.29) is 29.8 Å². The molecule has 0 radical (unpaired) electrons. The number of imide groups is 1. The van der Waals surface area contributed by atoms with E-state index in [2.05, 4.69) is 27.6 Å². The number of benzene rings is 2. The molecule has 0 unspecified atom stereocenters. The number of hydrogen-bond donors (Lipinski definition) is 2. The molecule has 4 atom stereocenters. The largest absolute Gasteiger partial charge is 0.504 e. The van der Waals surface area contributed by atoms with Crippen molar-refractivity contribution in [1.29, 1.82) is 0 Å². The number of carbonyl (C=O) groups is 2. The lowest BCUT2D eigenvalue weighted by atomic mass is 9.58. The molecule has 0 spiro atoms. The molecule has 10 heteroatoms. The summed E-state index contributed by atoms with van der Waals surface area (Å²) in [5.41, 5.74) is 5.29. The average molecular weight is 690 g/mol. The zero-order chi connectivity index (χ0) is 30.2. The van der Waals surface area contributed by atoms with Gasteiger partial charge in [-0.15, -0.1) is 0 Å². The molecule has 1 aliphatic carbocycles. The summed E-state index contributed by atoms with van der Waals surface area (Å²) in [5, 5.41) is 21.2. The summed E-state index contributed by atoms with van der Waals surface area (Å²) < 4.78 is 12.2. The fourth-order valence-electron chi connectivity index (χ4n) is 6.90. The number of aromatic nitrogens is 1. The Balaban J connectivity index is 1.30. The first-order valence-corrected chi connectivity index (χ1v) is 15.5. The summed E-state index contributed by atoms with van der Waals surface area (Å²) in [5.74, 6) is -1.13. The highest BCUT2D eigenvalue weighted by atomic mass is 127. The minimum Gasteiger partial charge on any atom is -0.504 e. The standard InChI is InChI=1S/C33H32BIN2O6/c1-19-14-23-30(33(40)37(32(23)39)22-8-4-3-5-9-22)24-18-34(41)43-27(29(19)24)12-11-21(26-10-6-7-13-36-26)15-20-16-25(35)31(38)28(17-20)42-2/h3-10,13,15-17,23-24,27,30,38,41H,11-12,14,18H2,1-2H3/b21-15-/t23-,24+,27-,30-/m1/s1. The first-order valence-electron chi connectivity index (χ1n) is 14.4. The molecule has 1 aromatic heterocycles. The molecule has 2 saturated heterocycles. The number of carbonyl (C=O) groups excluding carboxylic acids is 2. The molecule has 0 saturated carbocycles. The third kappa shape index (κ3) is 5.63. The van der Waals surface area contributed by atoms with Gasteiger partial charge in [0.15, 0.2) is 11.5 Å². The van der Waals surface area contributed by atoms with E-state index in [1.54, 1.807) is 24.4 Å². The highest BCUT2D eigenvalue weighted by Gasteiger charge is 2.57. The molecule has 2 amide bonds. The molecule has 3 aliphatic rings. The number of allylic oxidation sites excluding steroid dienone is 2. The minimum atomic E-state index is -1.04. The summed E-state index contributed by atoms with van der Waals surface area (Å²) in [7, 11) is 0.483. The number of phenolic OH excluding ortho intramolecular Hbond substituents is 1. The monoisotopic (exact) mass is 690 g/mol. The maximum atomic E-state index is 13.8. The molecule has 220 valence electrons. The number of pyridine rings is 1. The SMILES string of the molecule is COc1cc(/C=C(/CC[C@H]2OB(O)C[C@H]3C2=C(C)C[C@H]2C(=O)N(c4ccccc4)C(=O)[C@H]23)c2ccccn2)cc(I)c1O. The number of hydrogen-bond acceptors (Lipinski definition) is 7. The molecule has 2 N–H and O–H groups in total. The van der Waals surface area contributed by atoms with Crippen molar-refractivity contribution in [3.8, 4) is 11.5 Å². The third-order valence-corrected chi connectivity index (χ3v) is 9.57. The van der Waals surface area contributed by atoms with Crippen molar-refractivity contribution in [3.63, 3.8) is 0 Å². The second kappa shape index (κ2) is 12.3. The van der Waals surface area contributed by atoms with E-state index in [1.807, 2.05) is 55.5 Å². The van der Waals surface area contributed by atoms with E-state index in [4.69, 9.17) is 9.39 Å². The van der Waals surface area contributed by atoms with Crippen LogP contribution in [0.15, 0.2) is 78.0 Å². The van der Waals surface area contributed by atoms with Crippen molar-refractivity contribution in [2.45, 2.75) is 38.6 Å². The number of amides is 2. The number of halogens is 1. The Morgan fingerprint density at radius 1 is 1.14 bits per heavy atom. The predicted octanol–water partition coefficient (Wildman–Crippen LogP) is 5.74. The Morgan fingerprint density at radius 2 is 1.91 bits per heavy atom. The third-order valence-electron chi connectivity index (χ3n) is 8.75. The van der Waals surface area contributed by atoms with Crippen molar-refractivity contribution in [2.75, 3.05) is 12.0 Å². The number of para-hydroxylation sites is 1. The highest BCUT2D eigenvalue weighted by Crippen LogP contribution is 2.51. The summed E-state index contributed by atoms with van der Waals surface area (Å²) in [6.07, 6.45) is 5.26. The fourth-order valence-corrected chi connectivity index (χ4v) is 7.52. The van der Waals surface area contributed by atoms with Gasteiger partial charge in [-0.3, -0.25) is 19.5 Å². The number of rotatable bonds is 7. The molecule has 2 aliphatic heterocycles. The van der Waals surface area contributed by atoms with Crippen LogP contribution in [-0.4, -0.2) is 47.3 Å². The van der Waals surface area contributed by atoms with Crippen molar-refractivity contribution in [2.24, 2.45) is 17.8 Å². The number of phenols is 1. The molecule has 8 nitrogen and oxygen atoms in total. The van der Waals surface area contributed by atoms with Crippen LogP contribution >= 0.6 is 22.6 Å². The van der Waals surface area contributed by atoms with Crippen LogP contribution in [0.1, 0.15) is 37.4 Å². The predicted molar refractivity (Wildman–Crippen MR) is 173 cm³/mol. The van der Waals surface area contributed by atoms with Crippen molar-refractivity contribution < 1.29 is 29.1 Å². The molecule has 2 fully saturated rings. The maximum Gasteiger partial charge on any atom is 0.455 e. The molecule has 43 heavy (non-hydrogen) atoms. The van der Waals surface area contributed by atoms with Crippen molar-refractivity contribution >= 4 is 58.9 Å². The summed E-state index contributed by atoms with van der Waals surface area (Å²) in [6.45, 7) is 2.02.